The molecule has 1 aromatic carbocycles. The molecule has 2 heterocycles. The predicted octanol–water partition coefficient (Wildman–Crippen LogP) is 3.34. The van der Waals surface area contributed by atoms with Crippen LogP contribution in [-0.4, -0.2) is 55.2 Å². The molecule has 1 amide bonds. The third kappa shape index (κ3) is 5.11. The van der Waals surface area contributed by atoms with Crippen LogP contribution in [0.25, 0.3) is 0 Å². The summed E-state index contributed by atoms with van der Waals surface area (Å²) >= 11 is 1.68. The van der Waals surface area contributed by atoms with Gasteiger partial charge in [-0.15, -0.1) is 11.3 Å². The van der Waals surface area contributed by atoms with Gasteiger partial charge >= 0.3 is 0 Å². The zero-order valence-corrected chi connectivity index (χ0v) is 19.7. The smallest absolute Gasteiger partial charge is 0.251 e. The van der Waals surface area contributed by atoms with Gasteiger partial charge in [0.25, 0.3) is 5.91 Å². The monoisotopic (exact) mass is 449 g/mol. The van der Waals surface area contributed by atoms with Crippen molar-refractivity contribution in [2.75, 3.05) is 19.6 Å². The number of fused-ring (bicyclic) bond motifs is 1. The van der Waals surface area contributed by atoms with Crippen molar-refractivity contribution in [3.8, 4) is 0 Å². The van der Waals surface area contributed by atoms with Crippen LogP contribution in [-0.2, 0) is 23.0 Å². The van der Waals surface area contributed by atoms with E-state index in [-0.39, 0.29) is 10.8 Å². The highest BCUT2D eigenvalue weighted by Crippen LogP contribution is 2.28. The Balaban J connectivity index is 1.67. The molecule has 30 heavy (non-hydrogen) atoms. The molecule has 0 atom stereocenters. The lowest BCUT2D eigenvalue weighted by molar-refractivity contribution is 0.0939. The quantitative estimate of drug-likeness (QED) is 0.671. The molecule has 1 aromatic heterocycles. The number of amides is 1. The maximum atomic E-state index is 13.1. The van der Waals surface area contributed by atoms with Crippen LogP contribution in [0, 0.1) is 0 Å². The number of carbonyl (C=O) groups excluding carboxylic acids is 1. The van der Waals surface area contributed by atoms with Crippen molar-refractivity contribution in [3.63, 3.8) is 0 Å². The summed E-state index contributed by atoms with van der Waals surface area (Å²) in [5, 5.41) is 4.92. The van der Waals surface area contributed by atoms with Crippen LogP contribution in [0.4, 0.5) is 0 Å². The van der Waals surface area contributed by atoms with E-state index in [4.69, 9.17) is 0 Å². The van der Waals surface area contributed by atoms with Gasteiger partial charge in [-0.25, -0.2) is 8.42 Å². The molecule has 0 bridgehead atoms. The molecule has 0 spiro atoms. The number of thiophene rings is 1. The van der Waals surface area contributed by atoms with Crippen LogP contribution in [0.2, 0.25) is 0 Å². The van der Waals surface area contributed by atoms with Crippen molar-refractivity contribution in [2.24, 2.45) is 0 Å². The molecule has 1 N–H and O–H groups in total. The second-order valence-corrected chi connectivity index (χ2v) is 11.1. The third-order valence-corrected chi connectivity index (χ3v) is 8.35. The predicted molar refractivity (Wildman–Crippen MR) is 121 cm³/mol. The summed E-state index contributed by atoms with van der Waals surface area (Å²) < 4.78 is 27.8. The molecule has 0 saturated heterocycles. The van der Waals surface area contributed by atoms with Gasteiger partial charge in [-0.05, 0) is 69.3 Å². The van der Waals surface area contributed by atoms with Gasteiger partial charge in [0.1, 0.15) is 0 Å². The zero-order chi connectivity index (χ0) is 21.9. The molecule has 164 valence electrons. The van der Waals surface area contributed by atoms with E-state index < -0.39 is 10.0 Å². The first-order valence-corrected chi connectivity index (χ1v) is 12.7. The van der Waals surface area contributed by atoms with E-state index in [2.05, 4.69) is 37.9 Å². The molecule has 6 nitrogen and oxygen atoms in total. The van der Waals surface area contributed by atoms with Gasteiger partial charge in [0.15, 0.2) is 0 Å². The summed E-state index contributed by atoms with van der Waals surface area (Å²) in [6, 6.07) is 9.11. The Labute approximate surface area is 183 Å². The molecule has 0 fully saturated rings. The average Bonchev–Trinajstić information content (AvgIpc) is 3.18. The molecule has 3 rings (SSSR count). The number of rotatable bonds is 8. The zero-order valence-electron chi connectivity index (χ0n) is 18.1. The van der Waals surface area contributed by atoms with Crippen LogP contribution >= 0.6 is 11.3 Å². The highest BCUT2D eigenvalue weighted by molar-refractivity contribution is 7.89. The largest absolute Gasteiger partial charge is 0.351 e. The molecular weight excluding hydrogens is 418 g/mol. The molecule has 0 saturated carbocycles. The SMILES string of the molecule is CC(C)N(CCNC(=O)c1cccc(S(=O)(=O)N2CCc3sccc3C2)c1)C(C)C. The van der Waals surface area contributed by atoms with Gasteiger partial charge in [0, 0.05) is 48.7 Å². The van der Waals surface area contributed by atoms with Crippen LogP contribution < -0.4 is 5.32 Å². The minimum Gasteiger partial charge on any atom is -0.351 e. The second kappa shape index (κ2) is 9.60. The Morgan fingerprint density at radius 1 is 1.20 bits per heavy atom. The molecule has 1 aliphatic heterocycles. The highest BCUT2D eigenvalue weighted by atomic mass is 32.2. The minimum absolute atomic E-state index is 0.166. The minimum atomic E-state index is -3.65. The topological polar surface area (TPSA) is 69.7 Å². The Hall–Kier alpha value is -1.74. The molecule has 0 aliphatic carbocycles. The van der Waals surface area contributed by atoms with E-state index in [1.54, 1.807) is 29.5 Å². The van der Waals surface area contributed by atoms with Gasteiger partial charge < -0.3 is 5.32 Å². The van der Waals surface area contributed by atoms with E-state index in [1.165, 1.54) is 15.2 Å². The Kier molecular flexibility index (Phi) is 7.34. The molecular formula is C22H31N3O3S2. The van der Waals surface area contributed by atoms with Gasteiger partial charge in [-0.1, -0.05) is 6.07 Å². The first-order valence-electron chi connectivity index (χ1n) is 10.4. The lowest BCUT2D eigenvalue weighted by atomic mass is 10.1. The first kappa shape index (κ1) is 22.9. The van der Waals surface area contributed by atoms with Gasteiger partial charge in [-0.3, -0.25) is 9.69 Å². The molecule has 1 aliphatic rings. The standard InChI is InChI=1S/C22H31N3O3S2/c1-16(2)25(17(3)4)12-10-23-22(26)18-6-5-7-20(14-18)30(27,28)24-11-8-21-19(15-24)9-13-29-21/h5-7,9,13-14,16-17H,8,10-12,15H2,1-4H3,(H,23,26). The number of hydrogen-bond acceptors (Lipinski definition) is 5. The van der Waals surface area contributed by atoms with Crippen molar-refractivity contribution >= 4 is 27.3 Å². The second-order valence-electron chi connectivity index (χ2n) is 8.17. The van der Waals surface area contributed by atoms with E-state index in [9.17, 15) is 13.2 Å². The number of sulfonamides is 1. The normalized spacial score (nSPS) is 15.0. The van der Waals surface area contributed by atoms with E-state index in [1.807, 2.05) is 11.4 Å². The maximum Gasteiger partial charge on any atom is 0.251 e. The van der Waals surface area contributed by atoms with Crippen molar-refractivity contribution in [2.45, 2.75) is 57.6 Å². The number of hydrogen-bond donors (Lipinski definition) is 1. The Morgan fingerprint density at radius 3 is 2.63 bits per heavy atom. The highest BCUT2D eigenvalue weighted by Gasteiger charge is 2.29. The summed E-state index contributed by atoms with van der Waals surface area (Å²) in [4.78, 5) is 16.3. The lowest BCUT2D eigenvalue weighted by Crippen LogP contribution is -2.42. The van der Waals surface area contributed by atoms with Gasteiger partial charge in [-0.2, -0.15) is 4.31 Å². The summed E-state index contributed by atoms with van der Waals surface area (Å²) in [6.07, 6.45) is 0.731. The fraction of sp³-hybridized carbons (Fsp3) is 0.500. The first-order chi connectivity index (χ1) is 14.2. The third-order valence-electron chi connectivity index (χ3n) is 5.49. The van der Waals surface area contributed by atoms with E-state index in [0.29, 0.717) is 37.3 Å². The summed E-state index contributed by atoms with van der Waals surface area (Å²) in [5.41, 5.74) is 1.44. The maximum absolute atomic E-state index is 13.1. The van der Waals surface area contributed by atoms with E-state index in [0.717, 1.165) is 18.5 Å². The number of nitrogens with one attached hydrogen (secondary N) is 1. The summed E-state index contributed by atoms with van der Waals surface area (Å²) in [7, 11) is -3.65. The van der Waals surface area contributed by atoms with Crippen molar-refractivity contribution < 1.29 is 13.2 Å². The van der Waals surface area contributed by atoms with Gasteiger partial charge in [0.05, 0.1) is 4.90 Å². The van der Waals surface area contributed by atoms with Crippen molar-refractivity contribution in [1.82, 2.24) is 14.5 Å². The van der Waals surface area contributed by atoms with Gasteiger partial charge in [0.2, 0.25) is 10.0 Å². The molecule has 0 radical (unpaired) electrons. The molecule has 8 heteroatoms. The van der Waals surface area contributed by atoms with E-state index >= 15 is 0 Å². The number of nitrogens with zero attached hydrogens (tertiary/aromatic N) is 2. The fourth-order valence-electron chi connectivity index (χ4n) is 3.89. The average molecular weight is 450 g/mol. The van der Waals surface area contributed by atoms with Crippen LogP contribution in [0.3, 0.4) is 0 Å². The number of benzene rings is 1. The fourth-order valence-corrected chi connectivity index (χ4v) is 6.24. The van der Waals surface area contributed by atoms with Crippen molar-refractivity contribution in [3.05, 3.63) is 51.7 Å². The van der Waals surface area contributed by atoms with Crippen LogP contribution in [0.5, 0.6) is 0 Å². The number of carbonyl (C=O) groups is 1. The van der Waals surface area contributed by atoms with Crippen LogP contribution in [0.1, 0.15) is 48.5 Å². The molecule has 2 aromatic rings. The molecule has 0 unspecified atom stereocenters. The lowest BCUT2D eigenvalue weighted by Gasteiger charge is -2.30. The Morgan fingerprint density at radius 2 is 1.93 bits per heavy atom. The van der Waals surface area contributed by atoms with Crippen LogP contribution in [0.15, 0.2) is 40.6 Å². The summed E-state index contributed by atoms with van der Waals surface area (Å²) in [5.74, 6) is -0.252. The summed E-state index contributed by atoms with van der Waals surface area (Å²) in [6.45, 7) is 10.6. The Bertz CT molecular complexity index is 975. The van der Waals surface area contributed by atoms with Crippen molar-refractivity contribution in [1.29, 1.82) is 0 Å².